The van der Waals surface area contributed by atoms with Crippen LogP contribution in [0.2, 0.25) is 0 Å². The first-order valence-corrected chi connectivity index (χ1v) is 6.45. The molecule has 0 amide bonds. The summed E-state index contributed by atoms with van der Waals surface area (Å²) in [6.45, 7) is 1.21. The van der Waals surface area contributed by atoms with E-state index in [1.54, 1.807) is 0 Å². The van der Waals surface area contributed by atoms with Crippen LogP contribution in [-0.4, -0.2) is 23.0 Å². The molecular weight excluding hydrogens is 248 g/mol. The molecular formula is C13H14N2O2S. The zero-order chi connectivity index (χ0) is 12.5. The van der Waals surface area contributed by atoms with Crippen molar-refractivity contribution in [1.29, 1.82) is 0 Å². The van der Waals surface area contributed by atoms with E-state index in [1.807, 2.05) is 36.0 Å². The lowest BCUT2D eigenvalue weighted by Gasteiger charge is -2.18. The summed E-state index contributed by atoms with van der Waals surface area (Å²) in [5.74, 6) is 2.24. The van der Waals surface area contributed by atoms with Crippen molar-refractivity contribution in [3.05, 3.63) is 30.0 Å². The van der Waals surface area contributed by atoms with Crippen molar-refractivity contribution in [3.8, 4) is 22.8 Å². The van der Waals surface area contributed by atoms with Gasteiger partial charge in [-0.1, -0.05) is 0 Å². The Kier molecular flexibility index (Phi) is 2.91. The van der Waals surface area contributed by atoms with E-state index < -0.39 is 0 Å². The highest BCUT2D eigenvalue weighted by atomic mass is 32.1. The van der Waals surface area contributed by atoms with Gasteiger partial charge < -0.3 is 9.47 Å². The Morgan fingerprint density at radius 3 is 2.72 bits per heavy atom. The summed E-state index contributed by atoms with van der Waals surface area (Å²) in [6.07, 6.45) is 0. The van der Waals surface area contributed by atoms with E-state index >= 15 is 0 Å². The number of nitrogens with zero attached hydrogens (tertiary/aromatic N) is 2. The predicted octanol–water partition coefficient (Wildman–Crippen LogP) is 2.29. The summed E-state index contributed by atoms with van der Waals surface area (Å²) in [7, 11) is 1.93. The highest BCUT2D eigenvalue weighted by Crippen LogP contribution is 2.34. The Morgan fingerprint density at radius 1 is 1.22 bits per heavy atom. The molecule has 0 saturated carbocycles. The normalized spacial score (nSPS) is 13.7. The Hall–Kier alpha value is -1.62. The first-order chi connectivity index (χ1) is 8.78. The maximum absolute atomic E-state index is 5.59. The number of hydrogen-bond acceptors (Lipinski definition) is 4. The van der Waals surface area contributed by atoms with E-state index in [0.29, 0.717) is 19.0 Å². The van der Waals surface area contributed by atoms with Crippen LogP contribution in [-0.2, 0) is 12.8 Å². The molecule has 0 saturated heterocycles. The minimum absolute atomic E-state index is 0.601. The van der Waals surface area contributed by atoms with Crippen molar-refractivity contribution in [3.63, 3.8) is 0 Å². The maximum atomic E-state index is 5.59. The molecule has 5 heteroatoms. The SMILES string of the molecule is Cn1nc(CS)cc1-c1ccc2c(c1)OCCO2. The summed E-state index contributed by atoms with van der Waals surface area (Å²) >= 11 is 4.24. The molecule has 0 aliphatic carbocycles. The largest absolute Gasteiger partial charge is 0.486 e. The van der Waals surface area contributed by atoms with E-state index in [4.69, 9.17) is 9.47 Å². The molecule has 4 nitrogen and oxygen atoms in total. The van der Waals surface area contributed by atoms with Crippen LogP contribution in [0.4, 0.5) is 0 Å². The fourth-order valence-electron chi connectivity index (χ4n) is 2.08. The van der Waals surface area contributed by atoms with Gasteiger partial charge in [-0.2, -0.15) is 17.7 Å². The smallest absolute Gasteiger partial charge is 0.162 e. The zero-order valence-electron chi connectivity index (χ0n) is 10.1. The molecule has 0 bridgehead atoms. The maximum Gasteiger partial charge on any atom is 0.162 e. The minimum Gasteiger partial charge on any atom is -0.486 e. The minimum atomic E-state index is 0.601. The van der Waals surface area contributed by atoms with Crippen molar-refractivity contribution >= 4 is 12.6 Å². The number of aromatic nitrogens is 2. The van der Waals surface area contributed by atoms with Gasteiger partial charge in [0.1, 0.15) is 13.2 Å². The molecule has 1 aliphatic rings. The fourth-order valence-corrected chi connectivity index (χ4v) is 2.23. The molecule has 1 aromatic heterocycles. The van der Waals surface area contributed by atoms with Gasteiger partial charge in [0, 0.05) is 18.4 Å². The second-order valence-corrected chi connectivity index (χ2v) is 4.48. The lowest BCUT2D eigenvalue weighted by Crippen LogP contribution is -2.15. The third kappa shape index (κ3) is 1.95. The number of hydrogen-bond donors (Lipinski definition) is 1. The summed E-state index contributed by atoms with van der Waals surface area (Å²) in [5, 5.41) is 4.39. The van der Waals surface area contributed by atoms with Crippen molar-refractivity contribution in [2.45, 2.75) is 5.75 Å². The average Bonchev–Trinajstić information content (AvgIpc) is 2.79. The second-order valence-electron chi connectivity index (χ2n) is 4.16. The van der Waals surface area contributed by atoms with Crippen LogP contribution in [0.3, 0.4) is 0 Å². The van der Waals surface area contributed by atoms with Gasteiger partial charge in [-0.15, -0.1) is 0 Å². The van der Waals surface area contributed by atoms with Crippen LogP contribution in [0.1, 0.15) is 5.69 Å². The highest BCUT2D eigenvalue weighted by molar-refractivity contribution is 7.79. The third-order valence-corrected chi connectivity index (χ3v) is 3.25. The van der Waals surface area contributed by atoms with E-state index in [2.05, 4.69) is 17.7 Å². The van der Waals surface area contributed by atoms with Crippen LogP contribution in [0, 0.1) is 0 Å². The number of aryl methyl sites for hydroxylation is 1. The summed E-state index contributed by atoms with van der Waals surface area (Å²) < 4.78 is 13.0. The van der Waals surface area contributed by atoms with Crippen LogP contribution in [0.15, 0.2) is 24.3 Å². The molecule has 18 heavy (non-hydrogen) atoms. The number of fused-ring (bicyclic) bond motifs is 1. The van der Waals surface area contributed by atoms with Gasteiger partial charge >= 0.3 is 0 Å². The van der Waals surface area contributed by atoms with Crippen LogP contribution in [0.5, 0.6) is 11.5 Å². The Balaban J connectivity index is 2.03. The van der Waals surface area contributed by atoms with Crippen LogP contribution >= 0.6 is 12.6 Å². The molecule has 1 aliphatic heterocycles. The Morgan fingerprint density at radius 2 is 2.00 bits per heavy atom. The standard InChI is InChI=1S/C13H14N2O2S/c1-15-11(7-10(8-18)14-15)9-2-3-12-13(6-9)17-5-4-16-12/h2-3,6-7,18H,4-5,8H2,1H3. The monoisotopic (exact) mass is 262 g/mol. The summed E-state index contributed by atoms with van der Waals surface area (Å²) in [5.41, 5.74) is 3.09. The van der Waals surface area contributed by atoms with Crippen molar-refractivity contribution in [1.82, 2.24) is 9.78 Å². The molecule has 0 atom stereocenters. The lowest BCUT2D eigenvalue weighted by atomic mass is 10.1. The van der Waals surface area contributed by atoms with E-state index in [-0.39, 0.29) is 0 Å². The highest BCUT2D eigenvalue weighted by Gasteiger charge is 2.14. The fraction of sp³-hybridized carbons (Fsp3) is 0.308. The molecule has 0 fully saturated rings. The lowest BCUT2D eigenvalue weighted by molar-refractivity contribution is 0.171. The third-order valence-electron chi connectivity index (χ3n) is 2.93. The van der Waals surface area contributed by atoms with Crippen molar-refractivity contribution < 1.29 is 9.47 Å². The average molecular weight is 262 g/mol. The predicted molar refractivity (Wildman–Crippen MR) is 72.3 cm³/mol. The number of thiol groups is 1. The molecule has 0 radical (unpaired) electrons. The zero-order valence-corrected chi connectivity index (χ0v) is 11.0. The number of ether oxygens (including phenoxy) is 2. The van der Waals surface area contributed by atoms with E-state index in [9.17, 15) is 0 Å². The Labute approximate surface area is 111 Å². The topological polar surface area (TPSA) is 36.3 Å². The first kappa shape index (κ1) is 11.5. The summed E-state index contributed by atoms with van der Waals surface area (Å²) in [6, 6.07) is 8.00. The molecule has 94 valence electrons. The molecule has 0 spiro atoms. The van der Waals surface area contributed by atoms with Gasteiger partial charge in [0.15, 0.2) is 11.5 Å². The molecule has 0 unspecified atom stereocenters. The summed E-state index contributed by atoms with van der Waals surface area (Å²) in [4.78, 5) is 0. The van der Waals surface area contributed by atoms with Gasteiger partial charge in [-0.25, -0.2) is 0 Å². The van der Waals surface area contributed by atoms with Crippen molar-refractivity contribution in [2.75, 3.05) is 13.2 Å². The van der Waals surface area contributed by atoms with E-state index in [1.165, 1.54) is 0 Å². The van der Waals surface area contributed by atoms with Crippen molar-refractivity contribution in [2.24, 2.45) is 7.05 Å². The molecule has 0 N–H and O–H groups in total. The molecule has 1 aromatic carbocycles. The molecule has 2 heterocycles. The van der Waals surface area contributed by atoms with Gasteiger partial charge in [-0.3, -0.25) is 4.68 Å². The van der Waals surface area contributed by atoms with E-state index in [0.717, 1.165) is 28.5 Å². The van der Waals surface area contributed by atoms with Crippen LogP contribution < -0.4 is 9.47 Å². The molecule has 3 rings (SSSR count). The first-order valence-electron chi connectivity index (χ1n) is 5.82. The van der Waals surface area contributed by atoms with Gasteiger partial charge in [0.25, 0.3) is 0 Å². The van der Waals surface area contributed by atoms with Gasteiger partial charge in [0.2, 0.25) is 0 Å². The Bertz CT molecular complexity index is 580. The number of benzene rings is 1. The van der Waals surface area contributed by atoms with Gasteiger partial charge in [-0.05, 0) is 24.3 Å². The second kappa shape index (κ2) is 4.57. The number of rotatable bonds is 2. The quantitative estimate of drug-likeness (QED) is 0.844. The van der Waals surface area contributed by atoms with Gasteiger partial charge in [0.05, 0.1) is 11.4 Å². The molecule has 2 aromatic rings. The van der Waals surface area contributed by atoms with Crippen LogP contribution in [0.25, 0.3) is 11.3 Å².